The quantitative estimate of drug-likeness (QED) is 0.739. The first-order chi connectivity index (χ1) is 12.7. The molecule has 26 heavy (non-hydrogen) atoms. The Morgan fingerprint density at radius 3 is 3.08 bits per heavy atom. The van der Waals surface area contributed by atoms with Gasteiger partial charge in [-0.05, 0) is 44.9 Å². The van der Waals surface area contributed by atoms with Gasteiger partial charge < -0.3 is 20.3 Å². The molecule has 3 rings (SSSR count). The Bertz CT molecular complexity index is 577. The van der Waals surface area contributed by atoms with Crippen LogP contribution < -0.4 is 15.5 Å². The highest BCUT2D eigenvalue weighted by atomic mass is 16.5. The minimum Gasteiger partial charge on any atom is -0.376 e. The maximum Gasteiger partial charge on any atom is 0.220 e. The van der Waals surface area contributed by atoms with E-state index in [1.807, 2.05) is 6.07 Å². The van der Waals surface area contributed by atoms with Crippen molar-refractivity contribution >= 4 is 17.5 Å². The van der Waals surface area contributed by atoms with Gasteiger partial charge in [0.25, 0.3) is 0 Å². The lowest BCUT2D eigenvalue weighted by Gasteiger charge is -2.33. The third kappa shape index (κ3) is 5.56. The molecule has 0 saturated carbocycles. The van der Waals surface area contributed by atoms with Crippen molar-refractivity contribution in [2.75, 3.05) is 43.0 Å². The Hall–Kier alpha value is -1.89. The summed E-state index contributed by atoms with van der Waals surface area (Å²) < 4.78 is 5.55. The zero-order valence-corrected chi connectivity index (χ0v) is 15.7. The normalized spacial score (nSPS) is 23.0. The second-order valence-electron chi connectivity index (χ2n) is 7.22. The lowest BCUT2D eigenvalue weighted by atomic mass is 9.93. The number of ether oxygens (including phenoxy) is 1. The van der Waals surface area contributed by atoms with Crippen LogP contribution in [0, 0.1) is 5.92 Å². The molecule has 1 amide bonds. The number of aromatic nitrogens is 2. The van der Waals surface area contributed by atoms with Crippen LogP contribution in [0.4, 0.5) is 11.6 Å². The molecule has 0 bridgehead atoms. The second-order valence-corrected chi connectivity index (χ2v) is 7.22. The summed E-state index contributed by atoms with van der Waals surface area (Å²) in [4.78, 5) is 23.1. The smallest absolute Gasteiger partial charge is 0.220 e. The highest BCUT2D eigenvalue weighted by molar-refractivity contribution is 5.75. The Morgan fingerprint density at radius 2 is 2.27 bits per heavy atom. The molecular formula is C19H31N5O2. The minimum absolute atomic E-state index is 0.147. The van der Waals surface area contributed by atoms with Crippen LogP contribution in [-0.2, 0) is 9.53 Å². The van der Waals surface area contributed by atoms with Gasteiger partial charge in [0, 0.05) is 45.3 Å². The number of carbonyl (C=O) groups is 1. The minimum atomic E-state index is 0.147. The van der Waals surface area contributed by atoms with Gasteiger partial charge in [-0.2, -0.15) is 0 Å². The van der Waals surface area contributed by atoms with Crippen molar-refractivity contribution in [2.24, 2.45) is 5.92 Å². The second kappa shape index (κ2) is 9.71. The van der Waals surface area contributed by atoms with Crippen molar-refractivity contribution in [3.8, 4) is 0 Å². The van der Waals surface area contributed by atoms with Crippen LogP contribution in [-0.4, -0.2) is 54.8 Å². The van der Waals surface area contributed by atoms with Crippen molar-refractivity contribution in [2.45, 2.75) is 51.6 Å². The number of piperidine rings is 1. The van der Waals surface area contributed by atoms with Crippen molar-refractivity contribution in [3.05, 3.63) is 12.4 Å². The summed E-state index contributed by atoms with van der Waals surface area (Å²) in [5.74, 6) is 2.53. The first-order valence-electron chi connectivity index (χ1n) is 9.93. The summed E-state index contributed by atoms with van der Waals surface area (Å²) in [6.07, 6.45) is 7.85. The third-order valence-corrected chi connectivity index (χ3v) is 5.18. The zero-order valence-electron chi connectivity index (χ0n) is 15.7. The van der Waals surface area contributed by atoms with Gasteiger partial charge in [0.2, 0.25) is 5.91 Å². The van der Waals surface area contributed by atoms with Crippen molar-refractivity contribution in [1.29, 1.82) is 0 Å². The van der Waals surface area contributed by atoms with Gasteiger partial charge in [-0.25, -0.2) is 9.97 Å². The molecular weight excluding hydrogens is 330 g/mol. The SMILES string of the molecule is CCNc1cc(N2CCCC(CCC(=O)NCC3CCCO3)C2)ncn1. The maximum absolute atomic E-state index is 12.1. The van der Waals surface area contributed by atoms with E-state index < -0.39 is 0 Å². The lowest BCUT2D eigenvalue weighted by molar-refractivity contribution is -0.121. The molecule has 2 fully saturated rings. The molecule has 2 unspecified atom stereocenters. The largest absolute Gasteiger partial charge is 0.376 e. The summed E-state index contributed by atoms with van der Waals surface area (Å²) in [5, 5.41) is 6.26. The predicted molar refractivity (Wildman–Crippen MR) is 102 cm³/mol. The fourth-order valence-electron chi connectivity index (χ4n) is 3.76. The van der Waals surface area contributed by atoms with Crippen LogP contribution in [0.3, 0.4) is 0 Å². The first kappa shape index (κ1) is 18.9. The topological polar surface area (TPSA) is 79.4 Å². The summed E-state index contributed by atoms with van der Waals surface area (Å²) in [5.41, 5.74) is 0. The Labute approximate surface area is 155 Å². The van der Waals surface area contributed by atoms with E-state index in [1.54, 1.807) is 6.33 Å². The van der Waals surface area contributed by atoms with E-state index in [9.17, 15) is 4.79 Å². The molecule has 2 saturated heterocycles. The number of carbonyl (C=O) groups excluding carboxylic acids is 1. The van der Waals surface area contributed by atoms with Gasteiger partial charge in [-0.15, -0.1) is 0 Å². The number of nitrogens with one attached hydrogen (secondary N) is 2. The van der Waals surface area contributed by atoms with Crippen LogP contribution in [0.2, 0.25) is 0 Å². The highest BCUT2D eigenvalue weighted by Gasteiger charge is 2.22. The molecule has 2 aliphatic heterocycles. The lowest BCUT2D eigenvalue weighted by Crippen LogP contribution is -2.37. The van der Waals surface area contributed by atoms with Crippen molar-refractivity contribution in [3.63, 3.8) is 0 Å². The van der Waals surface area contributed by atoms with Gasteiger partial charge in [0.15, 0.2) is 0 Å². The van der Waals surface area contributed by atoms with Crippen LogP contribution in [0.25, 0.3) is 0 Å². The molecule has 7 nitrogen and oxygen atoms in total. The average molecular weight is 361 g/mol. The maximum atomic E-state index is 12.1. The third-order valence-electron chi connectivity index (χ3n) is 5.18. The van der Waals surface area contributed by atoms with Crippen LogP contribution >= 0.6 is 0 Å². The number of hydrogen-bond donors (Lipinski definition) is 2. The predicted octanol–water partition coefficient (Wildman–Crippen LogP) is 2.20. The van der Waals surface area contributed by atoms with Crippen molar-refractivity contribution in [1.82, 2.24) is 15.3 Å². The van der Waals surface area contributed by atoms with E-state index in [0.29, 0.717) is 18.9 Å². The Morgan fingerprint density at radius 1 is 1.35 bits per heavy atom. The van der Waals surface area contributed by atoms with Crippen molar-refractivity contribution < 1.29 is 9.53 Å². The molecule has 1 aromatic heterocycles. The monoisotopic (exact) mass is 361 g/mol. The molecule has 7 heteroatoms. The van der Waals surface area contributed by atoms with Gasteiger partial charge in [0.1, 0.15) is 18.0 Å². The van der Waals surface area contributed by atoms with Gasteiger partial charge in [-0.1, -0.05) is 0 Å². The molecule has 2 aliphatic rings. The molecule has 0 aliphatic carbocycles. The molecule has 3 heterocycles. The van der Waals surface area contributed by atoms with E-state index in [2.05, 4.69) is 32.4 Å². The zero-order chi connectivity index (χ0) is 18.2. The Balaban J connectivity index is 1.43. The van der Waals surface area contributed by atoms with Gasteiger partial charge in [0.05, 0.1) is 6.10 Å². The van der Waals surface area contributed by atoms with Crippen LogP contribution in [0.1, 0.15) is 45.4 Å². The standard InChI is InChI=1S/C19H31N5O2/c1-2-20-17-11-18(23-14-22-17)24-9-3-5-15(13-24)7-8-19(25)21-12-16-6-4-10-26-16/h11,14-16H,2-10,12-13H2,1H3,(H,21,25)(H,20,22,23). The van der Waals surface area contributed by atoms with Gasteiger partial charge in [-0.3, -0.25) is 4.79 Å². The van der Waals surface area contributed by atoms with E-state index in [1.165, 1.54) is 6.42 Å². The fourth-order valence-corrected chi connectivity index (χ4v) is 3.76. The number of nitrogens with zero attached hydrogens (tertiary/aromatic N) is 3. The molecule has 0 aromatic carbocycles. The fraction of sp³-hybridized carbons (Fsp3) is 0.737. The molecule has 2 N–H and O–H groups in total. The molecule has 2 atom stereocenters. The number of rotatable bonds is 8. The summed E-state index contributed by atoms with van der Waals surface area (Å²) >= 11 is 0. The van der Waals surface area contributed by atoms with E-state index >= 15 is 0 Å². The summed E-state index contributed by atoms with van der Waals surface area (Å²) in [6.45, 7) is 6.37. The summed E-state index contributed by atoms with van der Waals surface area (Å²) in [7, 11) is 0. The highest BCUT2D eigenvalue weighted by Crippen LogP contribution is 2.25. The summed E-state index contributed by atoms with van der Waals surface area (Å²) in [6, 6.07) is 2.01. The molecule has 144 valence electrons. The van der Waals surface area contributed by atoms with E-state index in [4.69, 9.17) is 4.74 Å². The number of amides is 1. The van der Waals surface area contributed by atoms with E-state index in [-0.39, 0.29) is 12.0 Å². The van der Waals surface area contributed by atoms with Crippen LogP contribution in [0.5, 0.6) is 0 Å². The average Bonchev–Trinajstić information content (AvgIpc) is 3.19. The Kier molecular flexibility index (Phi) is 7.05. The van der Waals surface area contributed by atoms with Crippen LogP contribution in [0.15, 0.2) is 12.4 Å². The number of hydrogen-bond acceptors (Lipinski definition) is 6. The molecule has 0 spiro atoms. The number of anilines is 2. The molecule has 0 radical (unpaired) electrons. The first-order valence-corrected chi connectivity index (χ1v) is 9.93. The molecule has 1 aromatic rings. The van der Waals surface area contributed by atoms with Gasteiger partial charge >= 0.3 is 0 Å². The van der Waals surface area contributed by atoms with E-state index in [0.717, 1.165) is 63.6 Å².